The number of amides is 1. The zero-order valence-corrected chi connectivity index (χ0v) is 15.1. The first-order chi connectivity index (χ1) is 12.8. The van der Waals surface area contributed by atoms with Gasteiger partial charge in [0, 0.05) is 6.42 Å². The number of fused-ring (bicyclic) bond motifs is 1. The van der Waals surface area contributed by atoms with Crippen molar-refractivity contribution in [3.63, 3.8) is 0 Å². The fourth-order valence-electron chi connectivity index (χ4n) is 2.96. The van der Waals surface area contributed by atoms with Gasteiger partial charge in [0.25, 0.3) is 0 Å². The molecule has 2 aromatic rings. The molecule has 0 spiro atoms. The van der Waals surface area contributed by atoms with E-state index >= 15 is 0 Å². The molecule has 26 heavy (non-hydrogen) atoms. The number of ether oxygens (including phenoxy) is 3. The van der Waals surface area contributed by atoms with Gasteiger partial charge in [0.1, 0.15) is 12.4 Å². The van der Waals surface area contributed by atoms with Crippen molar-refractivity contribution < 1.29 is 19.0 Å². The van der Waals surface area contributed by atoms with Crippen LogP contribution < -0.4 is 19.5 Å². The van der Waals surface area contributed by atoms with Gasteiger partial charge in [0.15, 0.2) is 11.5 Å². The smallest absolute Gasteiger partial charge is 0.220 e. The minimum atomic E-state index is 0.0239. The van der Waals surface area contributed by atoms with Gasteiger partial charge in [-0.1, -0.05) is 24.3 Å². The van der Waals surface area contributed by atoms with Crippen molar-refractivity contribution in [3.8, 4) is 17.2 Å². The highest BCUT2D eigenvalue weighted by Gasteiger charge is 2.15. The SMILES string of the molecule is COc1ccc(CCC(=O)NCCOc2cccc3c2OCCC3)cc1. The van der Waals surface area contributed by atoms with Gasteiger partial charge in [-0.15, -0.1) is 0 Å². The van der Waals surface area contributed by atoms with Crippen LogP contribution in [-0.2, 0) is 17.6 Å². The van der Waals surface area contributed by atoms with Crippen molar-refractivity contribution in [2.24, 2.45) is 0 Å². The van der Waals surface area contributed by atoms with E-state index in [1.54, 1.807) is 7.11 Å². The molecule has 0 saturated carbocycles. The molecule has 0 bridgehead atoms. The molecule has 0 atom stereocenters. The largest absolute Gasteiger partial charge is 0.497 e. The number of hydrogen-bond donors (Lipinski definition) is 1. The molecule has 0 aromatic heterocycles. The van der Waals surface area contributed by atoms with Crippen LogP contribution in [0.1, 0.15) is 24.0 Å². The van der Waals surface area contributed by atoms with Gasteiger partial charge in [-0.05, 0) is 48.6 Å². The van der Waals surface area contributed by atoms with Gasteiger partial charge in [0.2, 0.25) is 5.91 Å². The summed E-state index contributed by atoms with van der Waals surface area (Å²) in [6.45, 7) is 1.63. The van der Waals surface area contributed by atoms with Crippen molar-refractivity contribution in [2.45, 2.75) is 25.7 Å². The van der Waals surface area contributed by atoms with E-state index < -0.39 is 0 Å². The van der Waals surface area contributed by atoms with Gasteiger partial charge in [0.05, 0.1) is 20.3 Å². The lowest BCUT2D eigenvalue weighted by molar-refractivity contribution is -0.121. The minimum absolute atomic E-state index is 0.0239. The second-order valence-electron chi connectivity index (χ2n) is 6.24. The highest BCUT2D eigenvalue weighted by molar-refractivity contribution is 5.76. The number of carbonyl (C=O) groups excluding carboxylic acids is 1. The van der Waals surface area contributed by atoms with E-state index in [0.29, 0.717) is 26.0 Å². The zero-order valence-electron chi connectivity index (χ0n) is 15.1. The number of nitrogens with one attached hydrogen (secondary N) is 1. The summed E-state index contributed by atoms with van der Waals surface area (Å²) in [6.07, 6.45) is 3.22. The molecule has 1 heterocycles. The van der Waals surface area contributed by atoms with Crippen molar-refractivity contribution >= 4 is 5.91 Å². The van der Waals surface area contributed by atoms with E-state index in [-0.39, 0.29) is 5.91 Å². The van der Waals surface area contributed by atoms with Crippen LogP contribution in [0.25, 0.3) is 0 Å². The van der Waals surface area contributed by atoms with E-state index in [9.17, 15) is 4.79 Å². The Hall–Kier alpha value is -2.69. The third-order valence-corrected chi connectivity index (χ3v) is 4.38. The van der Waals surface area contributed by atoms with Crippen LogP contribution >= 0.6 is 0 Å². The standard InChI is InChI=1S/C21H25NO4/c1-24-18-10-7-16(8-11-18)9-12-20(23)22-13-15-25-19-6-2-4-17-5-3-14-26-21(17)19/h2,4,6-8,10-11H,3,5,9,12-15H2,1H3,(H,22,23). The van der Waals surface area contributed by atoms with Crippen molar-refractivity contribution in [2.75, 3.05) is 26.9 Å². The molecule has 5 nitrogen and oxygen atoms in total. The summed E-state index contributed by atoms with van der Waals surface area (Å²) in [5.74, 6) is 2.46. The number of rotatable bonds is 8. The molecule has 1 N–H and O–H groups in total. The molecule has 3 rings (SSSR count). The van der Waals surface area contributed by atoms with E-state index in [4.69, 9.17) is 14.2 Å². The number of hydrogen-bond acceptors (Lipinski definition) is 4. The van der Waals surface area contributed by atoms with Gasteiger partial charge in [-0.3, -0.25) is 4.79 Å². The van der Waals surface area contributed by atoms with E-state index in [0.717, 1.165) is 42.3 Å². The van der Waals surface area contributed by atoms with Gasteiger partial charge >= 0.3 is 0 Å². The van der Waals surface area contributed by atoms with Crippen molar-refractivity contribution in [1.29, 1.82) is 0 Å². The number of para-hydroxylation sites is 1. The Balaban J connectivity index is 1.37. The van der Waals surface area contributed by atoms with E-state index in [2.05, 4.69) is 11.4 Å². The Morgan fingerprint density at radius 2 is 2.04 bits per heavy atom. The molecule has 1 aliphatic heterocycles. The summed E-state index contributed by atoms with van der Waals surface area (Å²) in [6, 6.07) is 13.7. The Morgan fingerprint density at radius 3 is 2.85 bits per heavy atom. The van der Waals surface area contributed by atoms with Crippen LogP contribution in [0.15, 0.2) is 42.5 Å². The molecule has 2 aromatic carbocycles. The van der Waals surface area contributed by atoms with E-state index in [1.165, 1.54) is 5.56 Å². The molecule has 0 saturated heterocycles. The van der Waals surface area contributed by atoms with Crippen LogP contribution in [0.4, 0.5) is 0 Å². The van der Waals surface area contributed by atoms with Crippen LogP contribution in [-0.4, -0.2) is 32.8 Å². The fraction of sp³-hybridized carbons (Fsp3) is 0.381. The fourth-order valence-corrected chi connectivity index (χ4v) is 2.96. The Kier molecular flexibility index (Phi) is 6.36. The topological polar surface area (TPSA) is 56.8 Å². The number of aryl methyl sites for hydroxylation is 2. The first kappa shape index (κ1) is 18.1. The highest BCUT2D eigenvalue weighted by Crippen LogP contribution is 2.34. The monoisotopic (exact) mass is 355 g/mol. The zero-order chi connectivity index (χ0) is 18.2. The molecule has 0 unspecified atom stereocenters. The van der Waals surface area contributed by atoms with Crippen molar-refractivity contribution in [1.82, 2.24) is 5.32 Å². The molecule has 138 valence electrons. The summed E-state index contributed by atoms with van der Waals surface area (Å²) in [5.41, 5.74) is 2.31. The predicted octanol–water partition coefficient (Wildman–Crippen LogP) is 3.15. The summed E-state index contributed by atoms with van der Waals surface area (Å²) >= 11 is 0. The highest BCUT2D eigenvalue weighted by atomic mass is 16.5. The second kappa shape index (κ2) is 9.13. The molecule has 0 radical (unpaired) electrons. The van der Waals surface area contributed by atoms with Crippen LogP contribution in [0.3, 0.4) is 0 Å². The Bertz CT molecular complexity index is 727. The molecular formula is C21H25NO4. The molecule has 5 heteroatoms. The molecule has 1 aliphatic rings. The summed E-state index contributed by atoms with van der Waals surface area (Å²) in [7, 11) is 1.64. The maximum Gasteiger partial charge on any atom is 0.220 e. The maximum absolute atomic E-state index is 12.0. The lowest BCUT2D eigenvalue weighted by Gasteiger charge is -2.20. The molecule has 0 aliphatic carbocycles. The average Bonchev–Trinajstić information content (AvgIpc) is 2.70. The second-order valence-corrected chi connectivity index (χ2v) is 6.24. The normalized spacial score (nSPS) is 12.7. The van der Waals surface area contributed by atoms with Crippen LogP contribution in [0.5, 0.6) is 17.2 Å². The third kappa shape index (κ3) is 4.91. The number of benzene rings is 2. The lowest BCUT2D eigenvalue weighted by Crippen LogP contribution is -2.28. The summed E-state index contributed by atoms with van der Waals surface area (Å²) in [4.78, 5) is 12.0. The summed E-state index contributed by atoms with van der Waals surface area (Å²) < 4.78 is 16.6. The lowest BCUT2D eigenvalue weighted by atomic mass is 10.1. The van der Waals surface area contributed by atoms with Gasteiger partial charge in [-0.25, -0.2) is 0 Å². The molecule has 0 fully saturated rings. The Labute approximate surface area is 154 Å². The third-order valence-electron chi connectivity index (χ3n) is 4.38. The molecule has 1 amide bonds. The predicted molar refractivity (Wildman–Crippen MR) is 100 cm³/mol. The van der Waals surface area contributed by atoms with E-state index in [1.807, 2.05) is 36.4 Å². The minimum Gasteiger partial charge on any atom is -0.497 e. The molecular weight excluding hydrogens is 330 g/mol. The van der Waals surface area contributed by atoms with Crippen molar-refractivity contribution in [3.05, 3.63) is 53.6 Å². The Morgan fingerprint density at radius 1 is 1.19 bits per heavy atom. The average molecular weight is 355 g/mol. The maximum atomic E-state index is 12.0. The van der Waals surface area contributed by atoms with Gasteiger partial charge < -0.3 is 19.5 Å². The number of carbonyl (C=O) groups is 1. The van der Waals surface area contributed by atoms with Crippen LogP contribution in [0, 0.1) is 0 Å². The first-order valence-corrected chi connectivity index (χ1v) is 9.03. The van der Waals surface area contributed by atoms with Crippen LogP contribution in [0.2, 0.25) is 0 Å². The number of methoxy groups -OCH3 is 1. The first-order valence-electron chi connectivity index (χ1n) is 9.03. The summed E-state index contributed by atoms with van der Waals surface area (Å²) in [5, 5.41) is 2.90. The van der Waals surface area contributed by atoms with Gasteiger partial charge in [-0.2, -0.15) is 0 Å². The quantitative estimate of drug-likeness (QED) is 0.739.